The number of benzene rings is 3. The van der Waals surface area contributed by atoms with Crippen LogP contribution in [0, 0.1) is 11.3 Å². The number of nitrogens with zero attached hydrogens (tertiary/aromatic N) is 2. The topological polar surface area (TPSA) is 81.4 Å². The maximum atomic E-state index is 13.7. The van der Waals surface area contributed by atoms with Crippen LogP contribution < -0.4 is 14.2 Å². The Labute approximate surface area is 233 Å². The lowest BCUT2D eigenvalue weighted by Crippen LogP contribution is -2.00. The second-order valence-corrected chi connectivity index (χ2v) is 9.64. The molecule has 0 N–H and O–H groups in total. The molecule has 1 aliphatic rings. The van der Waals surface area contributed by atoms with Gasteiger partial charge in [0.1, 0.15) is 22.5 Å². The van der Waals surface area contributed by atoms with Crippen LogP contribution in [0.5, 0.6) is 17.2 Å². The van der Waals surface area contributed by atoms with Crippen molar-refractivity contribution in [1.82, 2.24) is 4.98 Å². The number of halogens is 2. The van der Waals surface area contributed by atoms with Gasteiger partial charge in [-0.05, 0) is 53.6 Å². The van der Waals surface area contributed by atoms with Gasteiger partial charge >= 0.3 is 0 Å². The highest BCUT2D eigenvalue weighted by Gasteiger charge is 2.20. The van der Waals surface area contributed by atoms with Crippen LogP contribution in [-0.2, 0) is 5.75 Å². The van der Waals surface area contributed by atoms with Crippen molar-refractivity contribution in [3.63, 3.8) is 0 Å². The number of alkyl halides is 2. The van der Waals surface area contributed by atoms with E-state index in [1.54, 1.807) is 60.7 Å². The molecule has 1 aliphatic heterocycles. The molecule has 0 fully saturated rings. The summed E-state index contributed by atoms with van der Waals surface area (Å²) in [6.07, 6.45) is 0.355. The largest absolute Gasteiger partial charge is 0.496 e. The third-order valence-corrected chi connectivity index (χ3v) is 7.20. The molecule has 0 atom stereocenters. The van der Waals surface area contributed by atoms with Gasteiger partial charge in [0.2, 0.25) is 6.79 Å². The molecule has 0 unspecified atom stereocenters. The van der Waals surface area contributed by atoms with Gasteiger partial charge in [0, 0.05) is 22.4 Å². The average molecular weight is 557 g/mol. The molecule has 0 radical (unpaired) electrons. The van der Waals surface area contributed by atoms with E-state index in [4.69, 9.17) is 14.2 Å². The molecule has 0 saturated carbocycles. The highest BCUT2D eigenvalue weighted by molar-refractivity contribution is 7.98. The second-order valence-electron chi connectivity index (χ2n) is 8.68. The fraction of sp³-hybridized carbons (Fsp3) is 0.129. The molecule has 0 aliphatic carbocycles. The van der Waals surface area contributed by atoms with Gasteiger partial charge in [-0.25, -0.2) is 13.8 Å². The van der Waals surface area contributed by atoms with E-state index in [-0.39, 0.29) is 23.2 Å². The fourth-order valence-corrected chi connectivity index (χ4v) is 5.18. The third kappa shape index (κ3) is 5.82. The van der Waals surface area contributed by atoms with Crippen LogP contribution >= 0.6 is 11.8 Å². The van der Waals surface area contributed by atoms with Crippen molar-refractivity contribution >= 4 is 23.6 Å². The Balaban J connectivity index is 1.40. The molecule has 40 heavy (non-hydrogen) atoms. The molecule has 6 nitrogen and oxygen atoms in total. The van der Waals surface area contributed by atoms with E-state index < -0.39 is 12.1 Å². The summed E-state index contributed by atoms with van der Waals surface area (Å²) in [6.45, 7) is 0.126. The van der Waals surface area contributed by atoms with Crippen molar-refractivity contribution in [2.75, 3.05) is 13.9 Å². The van der Waals surface area contributed by atoms with Crippen molar-refractivity contribution in [3.05, 3.63) is 107 Å². The Kier molecular flexibility index (Phi) is 8.08. The number of aromatic nitrogens is 1. The Morgan fingerprint density at radius 1 is 1.10 bits per heavy atom. The van der Waals surface area contributed by atoms with E-state index in [1.807, 2.05) is 12.1 Å². The summed E-state index contributed by atoms with van der Waals surface area (Å²) in [6, 6.07) is 22.8. The van der Waals surface area contributed by atoms with Gasteiger partial charge in [-0.1, -0.05) is 42.5 Å². The van der Waals surface area contributed by atoms with Gasteiger partial charge in [0.15, 0.2) is 17.3 Å². The number of nitriles is 1. The zero-order valence-electron chi connectivity index (χ0n) is 21.3. The third-order valence-electron chi connectivity index (χ3n) is 6.18. The molecular formula is C31H22F2N2O4S. The number of pyridine rings is 1. The van der Waals surface area contributed by atoms with Gasteiger partial charge in [-0.3, -0.25) is 4.79 Å². The number of rotatable bonds is 9. The van der Waals surface area contributed by atoms with Crippen molar-refractivity contribution in [2.45, 2.75) is 17.2 Å². The number of ketones is 1. The zero-order valence-corrected chi connectivity index (χ0v) is 22.1. The van der Waals surface area contributed by atoms with Gasteiger partial charge < -0.3 is 14.2 Å². The monoisotopic (exact) mass is 556 g/mol. The number of ether oxygens (including phenoxy) is 3. The molecule has 0 bridgehead atoms. The lowest BCUT2D eigenvalue weighted by Gasteiger charge is -2.13. The van der Waals surface area contributed by atoms with Gasteiger partial charge in [-0.2, -0.15) is 5.26 Å². The van der Waals surface area contributed by atoms with Crippen LogP contribution in [0.1, 0.15) is 39.2 Å². The number of allylic oxidation sites excluding steroid dienone is 1. The summed E-state index contributed by atoms with van der Waals surface area (Å²) >= 11 is 1.17. The average Bonchev–Trinajstić information content (AvgIpc) is 3.47. The molecule has 1 aromatic heterocycles. The van der Waals surface area contributed by atoms with Crippen LogP contribution in [0.15, 0.2) is 83.9 Å². The summed E-state index contributed by atoms with van der Waals surface area (Å²) in [5.41, 5.74) is 2.84. The minimum Gasteiger partial charge on any atom is -0.496 e. The quantitative estimate of drug-likeness (QED) is 0.120. The molecule has 0 saturated heterocycles. The summed E-state index contributed by atoms with van der Waals surface area (Å²) in [7, 11) is 1.53. The maximum absolute atomic E-state index is 13.7. The van der Waals surface area contributed by atoms with Crippen molar-refractivity contribution in [2.24, 2.45) is 0 Å². The van der Waals surface area contributed by atoms with Gasteiger partial charge in [0.05, 0.1) is 12.7 Å². The fourth-order valence-electron chi connectivity index (χ4n) is 4.19. The number of fused-ring (bicyclic) bond motifs is 1. The minimum atomic E-state index is -2.79. The summed E-state index contributed by atoms with van der Waals surface area (Å²) in [4.78, 5) is 16.8. The van der Waals surface area contributed by atoms with E-state index in [2.05, 4.69) is 11.1 Å². The molecule has 5 rings (SSSR count). The molecule has 0 amide bonds. The van der Waals surface area contributed by atoms with Crippen LogP contribution in [0.3, 0.4) is 0 Å². The van der Waals surface area contributed by atoms with Crippen LogP contribution in [0.2, 0.25) is 0 Å². The summed E-state index contributed by atoms with van der Waals surface area (Å²) < 4.78 is 43.6. The number of thioether (sulfide) groups is 1. The first-order chi connectivity index (χ1) is 19.5. The molecule has 4 aromatic rings. The lowest BCUT2D eigenvalue weighted by atomic mass is 10.0. The SMILES string of the molecule is COc1ccc(/C=C/C(=O)c2ccc3c(c2)OCO3)cc1CSc1nc(C(F)F)cc(-c2ccccc2)c1C#N. The smallest absolute Gasteiger partial charge is 0.280 e. The standard InChI is InChI=1S/C31H22F2N2O4S/c1-37-27-11-8-19(7-10-26(36)21-9-12-28-29(14-21)39-18-38-28)13-22(27)17-40-31-24(16-34)23(15-25(35-31)30(32)33)20-5-3-2-4-6-20/h2-15,30H,17-18H2,1H3/b10-7+. The second kappa shape index (κ2) is 12.0. The molecular weight excluding hydrogens is 534 g/mol. The number of hydrogen-bond donors (Lipinski definition) is 0. The number of hydrogen-bond acceptors (Lipinski definition) is 7. The number of methoxy groups -OCH3 is 1. The molecule has 2 heterocycles. The Morgan fingerprint density at radius 3 is 2.65 bits per heavy atom. The van der Waals surface area contributed by atoms with E-state index in [1.165, 1.54) is 31.0 Å². The van der Waals surface area contributed by atoms with E-state index in [0.29, 0.717) is 39.7 Å². The normalized spacial score (nSPS) is 12.1. The maximum Gasteiger partial charge on any atom is 0.280 e. The van der Waals surface area contributed by atoms with E-state index in [0.717, 1.165) is 11.1 Å². The highest BCUT2D eigenvalue weighted by Crippen LogP contribution is 2.36. The van der Waals surface area contributed by atoms with Crippen LogP contribution in [0.4, 0.5) is 8.78 Å². The Bertz CT molecular complexity index is 1630. The Morgan fingerprint density at radius 2 is 1.90 bits per heavy atom. The van der Waals surface area contributed by atoms with Gasteiger partial charge in [0.25, 0.3) is 6.43 Å². The first-order valence-electron chi connectivity index (χ1n) is 12.2. The van der Waals surface area contributed by atoms with Crippen molar-refractivity contribution in [3.8, 4) is 34.4 Å². The van der Waals surface area contributed by atoms with Crippen molar-refractivity contribution < 1.29 is 27.8 Å². The van der Waals surface area contributed by atoms with Crippen molar-refractivity contribution in [1.29, 1.82) is 5.26 Å². The van der Waals surface area contributed by atoms with Gasteiger partial charge in [-0.15, -0.1) is 11.8 Å². The molecule has 0 spiro atoms. The van der Waals surface area contributed by atoms with Crippen LogP contribution in [0.25, 0.3) is 17.2 Å². The predicted molar refractivity (Wildman–Crippen MR) is 148 cm³/mol. The first-order valence-corrected chi connectivity index (χ1v) is 13.2. The van der Waals surface area contributed by atoms with Crippen LogP contribution in [-0.4, -0.2) is 24.7 Å². The van der Waals surface area contributed by atoms with E-state index in [9.17, 15) is 18.8 Å². The minimum absolute atomic E-state index is 0.126. The predicted octanol–water partition coefficient (Wildman–Crippen LogP) is 7.48. The Hall–Kier alpha value is -4.68. The van der Waals surface area contributed by atoms with E-state index >= 15 is 0 Å². The molecule has 9 heteroatoms. The zero-order chi connectivity index (χ0) is 28.1. The first kappa shape index (κ1) is 26.9. The number of carbonyl (C=O) groups excluding carboxylic acids is 1. The molecule has 3 aromatic carbocycles. The molecule has 200 valence electrons. The summed E-state index contributed by atoms with van der Waals surface area (Å²) in [5.74, 6) is 1.80. The summed E-state index contributed by atoms with van der Waals surface area (Å²) in [5, 5.41) is 10.1. The number of carbonyl (C=O) groups is 1. The lowest BCUT2D eigenvalue weighted by molar-refractivity contribution is 0.104. The highest BCUT2D eigenvalue weighted by atomic mass is 32.2.